The third kappa shape index (κ3) is 6.71. The lowest BCUT2D eigenvalue weighted by Gasteiger charge is -2.33. The maximum atomic E-state index is 11.9. The van der Waals surface area contributed by atoms with Crippen LogP contribution in [0.5, 0.6) is 0 Å². The van der Waals surface area contributed by atoms with Crippen LogP contribution in [0, 0.1) is 0 Å². The van der Waals surface area contributed by atoms with E-state index in [9.17, 15) is 9.59 Å². The molecule has 1 aliphatic rings. The number of hydrogen-bond acceptors (Lipinski definition) is 3. The summed E-state index contributed by atoms with van der Waals surface area (Å²) < 4.78 is 0. The van der Waals surface area contributed by atoms with Crippen LogP contribution in [0.15, 0.2) is 0 Å². The van der Waals surface area contributed by atoms with E-state index in [1.165, 1.54) is 0 Å². The van der Waals surface area contributed by atoms with Gasteiger partial charge in [0.2, 0.25) is 0 Å². The van der Waals surface area contributed by atoms with Gasteiger partial charge in [-0.3, -0.25) is 4.79 Å². The van der Waals surface area contributed by atoms with Crippen LogP contribution in [0.3, 0.4) is 0 Å². The van der Waals surface area contributed by atoms with Gasteiger partial charge in [-0.25, -0.2) is 4.79 Å². The van der Waals surface area contributed by atoms with E-state index in [1.54, 1.807) is 0 Å². The summed E-state index contributed by atoms with van der Waals surface area (Å²) in [6, 6.07) is 0.354. The van der Waals surface area contributed by atoms with Gasteiger partial charge in [-0.05, 0) is 19.8 Å². The molecule has 1 heterocycles. The molecule has 0 aliphatic carbocycles. The Bertz CT molecular complexity index is 300. The molecular weight excluding hydrogens is 264 g/mol. The lowest BCUT2D eigenvalue weighted by Crippen LogP contribution is -2.49. The molecule has 1 rings (SSSR count). The molecular formula is C13H24N2O3S. The average Bonchev–Trinajstić information content (AvgIpc) is 2.37. The predicted octanol–water partition coefficient (Wildman–Crippen LogP) is 2.17. The quantitative estimate of drug-likeness (QED) is 0.704. The average molecular weight is 288 g/mol. The van der Waals surface area contributed by atoms with Crippen LogP contribution in [0.2, 0.25) is 0 Å². The van der Waals surface area contributed by atoms with Gasteiger partial charge >= 0.3 is 12.0 Å². The predicted molar refractivity (Wildman–Crippen MR) is 77.6 cm³/mol. The molecule has 1 saturated heterocycles. The number of nitrogens with zero attached hydrogens (tertiary/aromatic N) is 1. The Balaban J connectivity index is 2.02. The molecule has 5 nitrogen and oxygen atoms in total. The van der Waals surface area contributed by atoms with Gasteiger partial charge in [0.15, 0.2) is 0 Å². The minimum atomic E-state index is -0.731. The molecule has 19 heavy (non-hydrogen) atoms. The Hall–Kier alpha value is -0.910. The van der Waals surface area contributed by atoms with Crippen LogP contribution in [-0.4, -0.2) is 52.6 Å². The van der Waals surface area contributed by atoms with Gasteiger partial charge in [-0.2, -0.15) is 11.8 Å². The molecule has 6 heteroatoms. The summed E-state index contributed by atoms with van der Waals surface area (Å²) >= 11 is 1.89. The van der Waals surface area contributed by atoms with Crippen molar-refractivity contribution in [2.24, 2.45) is 0 Å². The van der Waals surface area contributed by atoms with Gasteiger partial charge in [0.25, 0.3) is 0 Å². The number of aliphatic carboxylic acids is 1. The van der Waals surface area contributed by atoms with E-state index in [1.807, 2.05) is 16.7 Å². The number of carboxylic acids is 1. The van der Waals surface area contributed by atoms with Gasteiger partial charge in [-0.15, -0.1) is 0 Å². The van der Waals surface area contributed by atoms with Gasteiger partial charge in [0.05, 0.1) is 0 Å². The lowest BCUT2D eigenvalue weighted by atomic mass is 10.1. The zero-order chi connectivity index (χ0) is 14.1. The number of rotatable bonds is 7. The highest BCUT2D eigenvalue weighted by Crippen LogP contribution is 2.15. The third-order valence-electron chi connectivity index (χ3n) is 3.22. The van der Waals surface area contributed by atoms with Crippen LogP contribution in [0.25, 0.3) is 0 Å². The van der Waals surface area contributed by atoms with Crippen molar-refractivity contribution in [1.82, 2.24) is 10.2 Å². The molecule has 0 aromatic rings. The second-order valence-electron chi connectivity index (χ2n) is 4.91. The number of urea groups is 1. The molecule has 1 aliphatic heterocycles. The number of unbranched alkanes of at least 4 members (excludes halogenated alkanes) is 3. The van der Waals surface area contributed by atoms with E-state index in [4.69, 9.17) is 5.11 Å². The van der Waals surface area contributed by atoms with Crippen molar-refractivity contribution in [2.75, 3.05) is 24.6 Å². The fourth-order valence-corrected chi connectivity index (χ4v) is 3.09. The molecule has 2 amide bonds. The van der Waals surface area contributed by atoms with Gasteiger partial charge in [0.1, 0.15) is 0 Å². The smallest absolute Gasteiger partial charge is 0.317 e. The molecule has 1 atom stereocenters. The van der Waals surface area contributed by atoms with E-state index in [2.05, 4.69) is 12.2 Å². The van der Waals surface area contributed by atoms with E-state index in [-0.39, 0.29) is 12.5 Å². The first-order valence-electron chi connectivity index (χ1n) is 6.95. The van der Waals surface area contributed by atoms with Gasteiger partial charge in [-0.1, -0.05) is 12.8 Å². The highest BCUT2D eigenvalue weighted by molar-refractivity contribution is 7.99. The van der Waals surface area contributed by atoms with Crippen molar-refractivity contribution >= 4 is 23.8 Å². The normalized spacial score (nSPS) is 19.2. The number of hydrogen-bond donors (Lipinski definition) is 2. The van der Waals surface area contributed by atoms with Crippen molar-refractivity contribution in [1.29, 1.82) is 0 Å². The van der Waals surface area contributed by atoms with E-state index in [0.29, 0.717) is 12.6 Å². The summed E-state index contributed by atoms with van der Waals surface area (Å²) in [6.45, 7) is 3.59. The van der Waals surface area contributed by atoms with E-state index < -0.39 is 5.97 Å². The highest BCUT2D eigenvalue weighted by atomic mass is 32.2. The SMILES string of the molecule is CC1CSCCN1C(=O)NCCCCCCC(=O)O. The first-order chi connectivity index (χ1) is 9.11. The largest absolute Gasteiger partial charge is 0.481 e. The first-order valence-corrected chi connectivity index (χ1v) is 8.10. The summed E-state index contributed by atoms with van der Waals surface area (Å²) in [6.07, 6.45) is 3.78. The van der Waals surface area contributed by atoms with Crippen LogP contribution >= 0.6 is 11.8 Å². The van der Waals surface area contributed by atoms with E-state index >= 15 is 0 Å². The zero-order valence-electron chi connectivity index (χ0n) is 11.6. The van der Waals surface area contributed by atoms with E-state index in [0.717, 1.165) is 43.7 Å². The number of amides is 2. The molecule has 0 saturated carbocycles. The molecule has 0 aromatic carbocycles. The summed E-state index contributed by atoms with van der Waals surface area (Å²) in [5.74, 6) is 1.31. The summed E-state index contributed by atoms with van der Waals surface area (Å²) in [4.78, 5) is 24.1. The third-order valence-corrected chi connectivity index (χ3v) is 4.41. The molecule has 2 N–H and O–H groups in total. The molecule has 1 fully saturated rings. The van der Waals surface area contributed by atoms with Crippen molar-refractivity contribution in [3.63, 3.8) is 0 Å². The van der Waals surface area contributed by atoms with Crippen molar-refractivity contribution < 1.29 is 14.7 Å². The fourth-order valence-electron chi connectivity index (χ4n) is 2.08. The summed E-state index contributed by atoms with van der Waals surface area (Å²) in [5.41, 5.74) is 0. The fraction of sp³-hybridized carbons (Fsp3) is 0.846. The number of thioether (sulfide) groups is 1. The lowest BCUT2D eigenvalue weighted by molar-refractivity contribution is -0.137. The topological polar surface area (TPSA) is 69.6 Å². The molecule has 0 bridgehead atoms. The molecule has 1 unspecified atom stereocenters. The van der Waals surface area contributed by atoms with Gasteiger partial charge in [0, 0.05) is 37.1 Å². The van der Waals surface area contributed by atoms with Crippen molar-refractivity contribution in [3.8, 4) is 0 Å². The Labute approximate surface area is 119 Å². The molecule has 110 valence electrons. The zero-order valence-corrected chi connectivity index (χ0v) is 12.4. The van der Waals surface area contributed by atoms with Crippen LogP contribution in [0.1, 0.15) is 39.0 Å². The second kappa shape index (κ2) is 9.07. The second-order valence-corrected chi connectivity index (χ2v) is 6.06. The number of carbonyl (C=O) groups is 2. The van der Waals surface area contributed by atoms with Gasteiger partial charge < -0.3 is 15.3 Å². The summed E-state index contributed by atoms with van der Waals surface area (Å²) in [5, 5.41) is 11.4. The maximum Gasteiger partial charge on any atom is 0.317 e. The van der Waals surface area contributed by atoms with Crippen molar-refractivity contribution in [2.45, 2.75) is 45.1 Å². The van der Waals surface area contributed by atoms with Crippen molar-refractivity contribution in [3.05, 3.63) is 0 Å². The first kappa shape index (κ1) is 16.1. The maximum absolute atomic E-state index is 11.9. The minimum Gasteiger partial charge on any atom is -0.481 e. The monoisotopic (exact) mass is 288 g/mol. The Kier molecular flexibility index (Phi) is 7.70. The molecule has 0 radical (unpaired) electrons. The van der Waals surface area contributed by atoms with Crippen LogP contribution in [0.4, 0.5) is 4.79 Å². The molecule has 0 spiro atoms. The van der Waals surface area contributed by atoms with Crippen LogP contribution in [-0.2, 0) is 4.79 Å². The number of carbonyl (C=O) groups excluding carboxylic acids is 1. The summed E-state index contributed by atoms with van der Waals surface area (Å²) in [7, 11) is 0. The minimum absolute atomic E-state index is 0.0401. The molecule has 0 aromatic heterocycles. The Morgan fingerprint density at radius 2 is 2.05 bits per heavy atom. The van der Waals surface area contributed by atoms with Crippen LogP contribution < -0.4 is 5.32 Å². The highest BCUT2D eigenvalue weighted by Gasteiger charge is 2.22. The standard InChI is InChI=1S/C13H24N2O3S/c1-11-10-19-9-8-15(11)13(18)14-7-5-3-2-4-6-12(16)17/h11H,2-10H2,1H3,(H,14,18)(H,16,17). The Morgan fingerprint density at radius 3 is 2.74 bits per heavy atom. The number of carboxylic acid groups (broad SMARTS) is 1. The Morgan fingerprint density at radius 1 is 1.32 bits per heavy atom. The number of nitrogens with one attached hydrogen (secondary N) is 1.